The fourth-order valence-electron chi connectivity index (χ4n) is 3.03. The van der Waals surface area contributed by atoms with E-state index < -0.39 is 11.2 Å². The Morgan fingerprint density at radius 1 is 1.20 bits per heavy atom. The highest BCUT2D eigenvalue weighted by atomic mass is 16.5. The van der Waals surface area contributed by atoms with Gasteiger partial charge < -0.3 is 14.0 Å². The van der Waals surface area contributed by atoms with Gasteiger partial charge in [-0.05, 0) is 12.1 Å². The summed E-state index contributed by atoms with van der Waals surface area (Å²) in [6.45, 7) is 0.202. The van der Waals surface area contributed by atoms with Gasteiger partial charge in [-0.3, -0.25) is 18.7 Å². The number of rotatable bonds is 7. The lowest BCUT2D eigenvalue weighted by Gasteiger charge is -2.09. The van der Waals surface area contributed by atoms with Gasteiger partial charge in [0.2, 0.25) is 5.91 Å². The molecule has 0 saturated carbocycles. The number of hydrazone groups is 1. The maximum atomic E-state index is 12.4. The van der Waals surface area contributed by atoms with Gasteiger partial charge in [0.25, 0.3) is 5.56 Å². The minimum atomic E-state index is -0.464. The van der Waals surface area contributed by atoms with E-state index in [1.54, 1.807) is 22.8 Å². The molecular weight excluding hydrogens is 392 g/mol. The molecule has 0 bridgehead atoms. The fourth-order valence-corrected chi connectivity index (χ4v) is 3.03. The predicted molar refractivity (Wildman–Crippen MR) is 110 cm³/mol. The molecular formula is C19H22N6O5. The Hall–Kier alpha value is -3.89. The number of para-hydroxylation sites is 1. The van der Waals surface area contributed by atoms with Crippen molar-refractivity contribution in [1.82, 2.24) is 24.1 Å². The standard InChI is InChI=1S/C19H22N6O5/c1-23-17-15(18(27)24(2)19(23)28)25(11-20-17)9-8-14(26)22-21-10-12-6-5-7-13(29-3)16(12)30-4/h5-7,10-11H,8-9H2,1-4H3,(H,22,26)/b21-10+. The van der Waals surface area contributed by atoms with Crippen LogP contribution in [-0.2, 0) is 25.4 Å². The molecule has 3 rings (SSSR count). The van der Waals surface area contributed by atoms with Crippen LogP contribution in [0.25, 0.3) is 11.2 Å². The summed E-state index contributed by atoms with van der Waals surface area (Å²) in [5.41, 5.74) is 2.69. The van der Waals surface area contributed by atoms with Crippen molar-refractivity contribution in [2.45, 2.75) is 13.0 Å². The number of carbonyl (C=O) groups is 1. The van der Waals surface area contributed by atoms with Crippen LogP contribution < -0.4 is 26.1 Å². The molecule has 1 aromatic carbocycles. The van der Waals surface area contributed by atoms with Crippen LogP contribution in [0.3, 0.4) is 0 Å². The normalized spacial score (nSPS) is 11.2. The molecule has 30 heavy (non-hydrogen) atoms. The lowest BCUT2D eigenvalue weighted by molar-refractivity contribution is -0.121. The number of imidazole rings is 1. The summed E-state index contributed by atoms with van der Waals surface area (Å²) in [7, 11) is 5.99. The van der Waals surface area contributed by atoms with E-state index in [4.69, 9.17) is 9.47 Å². The van der Waals surface area contributed by atoms with Crippen LogP contribution in [0.15, 0.2) is 39.2 Å². The number of amides is 1. The average molecular weight is 414 g/mol. The topological polar surface area (TPSA) is 122 Å². The molecule has 0 aliphatic heterocycles. The third kappa shape index (κ3) is 3.81. The smallest absolute Gasteiger partial charge is 0.332 e. The van der Waals surface area contributed by atoms with Crippen molar-refractivity contribution in [3.8, 4) is 11.5 Å². The van der Waals surface area contributed by atoms with Gasteiger partial charge in [-0.25, -0.2) is 15.2 Å². The zero-order valence-electron chi connectivity index (χ0n) is 17.1. The first-order valence-corrected chi connectivity index (χ1v) is 9.02. The van der Waals surface area contributed by atoms with Crippen LogP contribution in [0.1, 0.15) is 12.0 Å². The van der Waals surface area contributed by atoms with Gasteiger partial charge in [0.15, 0.2) is 22.7 Å². The fraction of sp³-hybridized carbons (Fsp3) is 0.316. The van der Waals surface area contributed by atoms with E-state index in [-0.39, 0.29) is 30.0 Å². The predicted octanol–water partition coefficient (Wildman–Crippen LogP) is -0.00870. The van der Waals surface area contributed by atoms with E-state index in [1.807, 2.05) is 0 Å². The molecule has 0 atom stereocenters. The zero-order chi connectivity index (χ0) is 21.8. The molecule has 1 N–H and O–H groups in total. The average Bonchev–Trinajstić information content (AvgIpc) is 3.18. The third-order valence-electron chi connectivity index (χ3n) is 4.62. The highest BCUT2D eigenvalue weighted by molar-refractivity contribution is 5.86. The lowest BCUT2D eigenvalue weighted by atomic mass is 10.2. The minimum absolute atomic E-state index is 0.0596. The number of nitrogens with zero attached hydrogens (tertiary/aromatic N) is 5. The summed E-state index contributed by atoms with van der Waals surface area (Å²) in [4.78, 5) is 40.7. The zero-order valence-corrected chi connectivity index (χ0v) is 17.1. The van der Waals surface area contributed by atoms with Gasteiger partial charge >= 0.3 is 5.69 Å². The number of hydrogen-bond acceptors (Lipinski definition) is 7. The van der Waals surface area contributed by atoms with Crippen molar-refractivity contribution in [2.75, 3.05) is 14.2 Å². The Balaban J connectivity index is 1.70. The molecule has 0 aliphatic rings. The van der Waals surface area contributed by atoms with Crippen molar-refractivity contribution in [3.05, 3.63) is 50.9 Å². The first-order chi connectivity index (χ1) is 14.4. The molecule has 2 heterocycles. The Morgan fingerprint density at radius 2 is 1.97 bits per heavy atom. The molecule has 3 aromatic rings. The summed E-state index contributed by atoms with van der Waals surface area (Å²) < 4.78 is 14.4. The first-order valence-electron chi connectivity index (χ1n) is 9.02. The number of carbonyl (C=O) groups excluding carboxylic acids is 1. The number of fused-ring (bicyclic) bond motifs is 1. The van der Waals surface area contributed by atoms with E-state index in [1.165, 1.54) is 45.4 Å². The summed E-state index contributed by atoms with van der Waals surface area (Å²) in [5.74, 6) is 0.705. The quantitative estimate of drug-likeness (QED) is 0.429. The van der Waals surface area contributed by atoms with Crippen molar-refractivity contribution < 1.29 is 14.3 Å². The van der Waals surface area contributed by atoms with Gasteiger partial charge in [0, 0.05) is 32.6 Å². The van der Waals surface area contributed by atoms with Crippen LogP contribution in [0.2, 0.25) is 0 Å². The minimum Gasteiger partial charge on any atom is -0.493 e. The van der Waals surface area contributed by atoms with Crippen LogP contribution >= 0.6 is 0 Å². The molecule has 11 heteroatoms. The Bertz CT molecular complexity index is 1240. The van der Waals surface area contributed by atoms with Crippen molar-refractivity contribution in [3.63, 3.8) is 0 Å². The second kappa shape index (κ2) is 8.64. The molecule has 0 radical (unpaired) electrons. The van der Waals surface area contributed by atoms with E-state index in [0.29, 0.717) is 17.1 Å². The number of aryl methyl sites for hydroxylation is 2. The summed E-state index contributed by atoms with van der Waals surface area (Å²) in [5, 5.41) is 3.95. The maximum absolute atomic E-state index is 12.4. The third-order valence-corrected chi connectivity index (χ3v) is 4.62. The highest BCUT2D eigenvalue weighted by Crippen LogP contribution is 2.29. The molecule has 0 saturated heterocycles. The van der Waals surface area contributed by atoms with Gasteiger partial charge in [0.05, 0.1) is 26.8 Å². The second-order valence-corrected chi connectivity index (χ2v) is 6.44. The summed E-state index contributed by atoms with van der Waals surface area (Å²) in [6.07, 6.45) is 2.95. The summed E-state index contributed by atoms with van der Waals surface area (Å²) >= 11 is 0. The number of methoxy groups -OCH3 is 2. The molecule has 11 nitrogen and oxygen atoms in total. The largest absolute Gasteiger partial charge is 0.493 e. The number of ether oxygens (including phenoxy) is 2. The Morgan fingerprint density at radius 3 is 2.67 bits per heavy atom. The van der Waals surface area contributed by atoms with Gasteiger partial charge in [0.1, 0.15) is 0 Å². The van der Waals surface area contributed by atoms with E-state index in [9.17, 15) is 14.4 Å². The molecule has 0 fully saturated rings. The maximum Gasteiger partial charge on any atom is 0.332 e. The molecule has 158 valence electrons. The van der Waals surface area contributed by atoms with Crippen molar-refractivity contribution in [1.29, 1.82) is 0 Å². The Labute approximate surface area is 171 Å². The van der Waals surface area contributed by atoms with E-state index in [0.717, 1.165) is 4.57 Å². The monoisotopic (exact) mass is 414 g/mol. The van der Waals surface area contributed by atoms with Crippen LogP contribution in [0, 0.1) is 0 Å². The Kier molecular flexibility index (Phi) is 6.00. The number of aromatic nitrogens is 4. The summed E-state index contributed by atoms with van der Waals surface area (Å²) in [6, 6.07) is 5.31. The second-order valence-electron chi connectivity index (χ2n) is 6.44. The lowest BCUT2D eigenvalue weighted by Crippen LogP contribution is -2.37. The van der Waals surface area contributed by atoms with Gasteiger partial charge in [-0.1, -0.05) is 6.07 Å². The van der Waals surface area contributed by atoms with Gasteiger partial charge in [-0.2, -0.15) is 5.10 Å². The van der Waals surface area contributed by atoms with Crippen molar-refractivity contribution in [2.24, 2.45) is 19.2 Å². The molecule has 0 unspecified atom stereocenters. The molecule has 1 amide bonds. The van der Waals surface area contributed by atoms with Gasteiger partial charge in [-0.15, -0.1) is 0 Å². The van der Waals surface area contributed by atoms with Crippen LogP contribution in [-0.4, -0.2) is 45.0 Å². The van der Waals surface area contributed by atoms with E-state index >= 15 is 0 Å². The first kappa shape index (κ1) is 20.8. The highest BCUT2D eigenvalue weighted by Gasteiger charge is 2.14. The molecule has 0 spiro atoms. The molecule has 0 aliphatic carbocycles. The van der Waals surface area contributed by atoms with Crippen LogP contribution in [0.4, 0.5) is 0 Å². The number of benzene rings is 1. The number of hydrogen-bond donors (Lipinski definition) is 1. The SMILES string of the molecule is COc1cccc(/C=N/NC(=O)CCn2cnc3c2c(=O)n(C)c(=O)n3C)c1OC. The van der Waals surface area contributed by atoms with Crippen molar-refractivity contribution >= 4 is 23.3 Å². The van der Waals surface area contributed by atoms with Crippen LogP contribution in [0.5, 0.6) is 11.5 Å². The molecule has 2 aromatic heterocycles. The van der Waals surface area contributed by atoms with E-state index in [2.05, 4.69) is 15.5 Å². The number of nitrogens with one attached hydrogen (secondary N) is 1.